The van der Waals surface area contributed by atoms with E-state index in [4.69, 9.17) is 10.2 Å². The van der Waals surface area contributed by atoms with Crippen molar-refractivity contribution >= 4 is 5.91 Å². The van der Waals surface area contributed by atoms with E-state index in [0.29, 0.717) is 11.7 Å². The highest BCUT2D eigenvalue weighted by atomic mass is 16.4. The first-order valence-corrected chi connectivity index (χ1v) is 7.17. The van der Waals surface area contributed by atoms with Gasteiger partial charge in [0.2, 0.25) is 0 Å². The average molecular weight is 264 g/mol. The van der Waals surface area contributed by atoms with Crippen molar-refractivity contribution in [1.29, 1.82) is 0 Å². The number of carbonyl (C=O) groups excluding carboxylic acids is 1. The summed E-state index contributed by atoms with van der Waals surface area (Å²) in [5.74, 6) is 1.79. The zero-order valence-corrected chi connectivity index (χ0v) is 12.1. The number of amides is 1. The molecule has 0 radical (unpaired) electrons. The molecule has 106 valence electrons. The van der Waals surface area contributed by atoms with Gasteiger partial charge in [0, 0.05) is 25.6 Å². The molecular formula is C15H24N2O2. The van der Waals surface area contributed by atoms with Crippen LogP contribution in [0.1, 0.15) is 48.6 Å². The van der Waals surface area contributed by atoms with Gasteiger partial charge in [0.05, 0.1) is 0 Å². The van der Waals surface area contributed by atoms with Crippen molar-refractivity contribution in [3.63, 3.8) is 0 Å². The normalized spacial score (nSPS) is 21.5. The van der Waals surface area contributed by atoms with Gasteiger partial charge in [-0.05, 0) is 44.2 Å². The number of hydrogen-bond donors (Lipinski definition) is 1. The van der Waals surface area contributed by atoms with E-state index < -0.39 is 0 Å². The van der Waals surface area contributed by atoms with Crippen LogP contribution in [-0.4, -0.2) is 29.9 Å². The maximum atomic E-state index is 12.4. The lowest BCUT2D eigenvalue weighted by Gasteiger charge is -2.34. The molecule has 0 aromatic carbocycles. The van der Waals surface area contributed by atoms with E-state index in [1.54, 1.807) is 0 Å². The van der Waals surface area contributed by atoms with Crippen molar-refractivity contribution in [2.75, 3.05) is 13.1 Å². The highest BCUT2D eigenvalue weighted by Crippen LogP contribution is 2.22. The Balaban J connectivity index is 2.10. The maximum absolute atomic E-state index is 12.4. The molecule has 0 saturated carbocycles. The second kappa shape index (κ2) is 5.78. The molecule has 0 bridgehead atoms. The summed E-state index contributed by atoms with van der Waals surface area (Å²) in [5.41, 5.74) is 7.02. The molecule has 1 saturated heterocycles. The largest absolute Gasteiger partial charge is 0.456 e. The van der Waals surface area contributed by atoms with Gasteiger partial charge in [-0.1, -0.05) is 6.92 Å². The quantitative estimate of drug-likeness (QED) is 0.911. The summed E-state index contributed by atoms with van der Waals surface area (Å²) in [6.07, 6.45) is 2.96. The molecule has 0 aliphatic carbocycles. The fourth-order valence-electron chi connectivity index (χ4n) is 2.76. The molecule has 2 heterocycles. The van der Waals surface area contributed by atoms with Crippen LogP contribution in [0.4, 0.5) is 0 Å². The molecule has 1 amide bonds. The highest BCUT2D eigenvalue weighted by molar-refractivity contribution is 5.91. The van der Waals surface area contributed by atoms with Crippen LogP contribution in [-0.2, 0) is 6.42 Å². The van der Waals surface area contributed by atoms with Gasteiger partial charge in [-0.25, -0.2) is 0 Å². The Hall–Kier alpha value is -1.29. The van der Waals surface area contributed by atoms with Crippen molar-refractivity contribution in [3.05, 3.63) is 23.2 Å². The van der Waals surface area contributed by atoms with Gasteiger partial charge in [0.15, 0.2) is 5.76 Å². The lowest BCUT2D eigenvalue weighted by atomic mass is 9.92. The Morgan fingerprint density at radius 1 is 1.63 bits per heavy atom. The standard InChI is InChI=1S/C15H24N2O2/c1-4-13-10(2)8-14(19-13)15(18)17-7-5-6-12(9-17)11(3)16/h8,11-12H,4-7,9,16H2,1-3H3/t11-,12+/m1/s1. The molecule has 0 unspecified atom stereocenters. The van der Waals surface area contributed by atoms with Gasteiger partial charge in [-0.15, -0.1) is 0 Å². The molecule has 1 aliphatic rings. The molecule has 1 fully saturated rings. The first-order valence-electron chi connectivity index (χ1n) is 7.17. The Labute approximate surface area is 114 Å². The molecule has 4 nitrogen and oxygen atoms in total. The fraction of sp³-hybridized carbons (Fsp3) is 0.667. The average Bonchev–Trinajstić information content (AvgIpc) is 2.79. The topological polar surface area (TPSA) is 59.5 Å². The van der Waals surface area contributed by atoms with E-state index in [2.05, 4.69) is 0 Å². The third-order valence-corrected chi connectivity index (χ3v) is 4.04. The first kappa shape index (κ1) is 14.1. The van der Waals surface area contributed by atoms with Gasteiger partial charge >= 0.3 is 0 Å². The van der Waals surface area contributed by atoms with Crippen molar-refractivity contribution in [2.24, 2.45) is 11.7 Å². The van der Waals surface area contributed by atoms with Crippen LogP contribution in [0.25, 0.3) is 0 Å². The Morgan fingerprint density at radius 3 is 2.95 bits per heavy atom. The minimum atomic E-state index is 0.00755. The number of carbonyl (C=O) groups is 1. The Morgan fingerprint density at radius 2 is 2.37 bits per heavy atom. The number of rotatable bonds is 3. The highest BCUT2D eigenvalue weighted by Gasteiger charge is 2.28. The third kappa shape index (κ3) is 3.00. The number of aryl methyl sites for hydroxylation is 2. The first-order chi connectivity index (χ1) is 9.02. The number of furan rings is 1. The summed E-state index contributed by atoms with van der Waals surface area (Å²) in [6.45, 7) is 7.60. The molecule has 1 aromatic rings. The van der Waals surface area contributed by atoms with Crippen molar-refractivity contribution in [3.8, 4) is 0 Å². The molecule has 4 heteroatoms. The van der Waals surface area contributed by atoms with Gasteiger partial charge in [0.1, 0.15) is 5.76 Å². The molecule has 0 spiro atoms. The predicted molar refractivity (Wildman–Crippen MR) is 75.1 cm³/mol. The van der Waals surface area contributed by atoms with Crippen molar-refractivity contribution in [2.45, 2.75) is 46.1 Å². The predicted octanol–water partition coefficient (Wildman–Crippen LogP) is 2.35. The number of nitrogens with zero attached hydrogens (tertiary/aromatic N) is 1. The van der Waals surface area contributed by atoms with E-state index in [0.717, 1.165) is 43.7 Å². The lowest BCUT2D eigenvalue weighted by Crippen LogP contribution is -2.44. The van der Waals surface area contributed by atoms with E-state index >= 15 is 0 Å². The summed E-state index contributed by atoms with van der Waals surface area (Å²) in [7, 11) is 0. The van der Waals surface area contributed by atoms with Crippen LogP contribution >= 0.6 is 0 Å². The second-order valence-corrected chi connectivity index (χ2v) is 5.58. The zero-order chi connectivity index (χ0) is 14.0. The minimum Gasteiger partial charge on any atom is -0.456 e. The van der Waals surface area contributed by atoms with E-state index in [-0.39, 0.29) is 11.9 Å². The fourth-order valence-corrected chi connectivity index (χ4v) is 2.76. The van der Waals surface area contributed by atoms with Gasteiger partial charge < -0.3 is 15.1 Å². The molecule has 19 heavy (non-hydrogen) atoms. The molecule has 1 aliphatic heterocycles. The van der Waals surface area contributed by atoms with Gasteiger partial charge in [0.25, 0.3) is 5.91 Å². The maximum Gasteiger partial charge on any atom is 0.289 e. The molecular weight excluding hydrogens is 240 g/mol. The van der Waals surface area contributed by atoms with Crippen LogP contribution in [0, 0.1) is 12.8 Å². The van der Waals surface area contributed by atoms with Crippen LogP contribution in [0.2, 0.25) is 0 Å². The van der Waals surface area contributed by atoms with Crippen LogP contribution < -0.4 is 5.73 Å². The molecule has 2 rings (SSSR count). The summed E-state index contributed by atoms with van der Waals surface area (Å²) in [5, 5.41) is 0. The summed E-state index contributed by atoms with van der Waals surface area (Å²) in [6, 6.07) is 2.00. The molecule has 2 atom stereocenters. The minimum absolute atomic E-state index is 0.00755. The van der Waals surface area contributed by atoms with E-state index in [1.807, 2.05) is 31.7 Å². The SMILES string of the molecule is CCc1oc(C(=O)N2CCC[C@H]([C@@H](C)N)C2)cc1C. The summed E-state index contributed by atoms with van der Waals surface area (Å²) >= 11 is 0. The van der Waals surface area contributed by atoms with Crippen LogP contribution in [0.15, 0.2) is 10.5 Å². The number of likely N-dealkylation sites (tertiary alicyclic amines) is 1. The van der Waals surface area contributed by atoms with Crippen molar-refractivity contribution in [1.82, 2.24) is 4.90 Å². The van der Waals surface area contributed by atoms with Crippen molar-refractivity contribution < 1.29 is 9.21 Å². The number of piperidine rings is 1. The number of hydrogen-bond acceptors (Lipinski definition) is 3. The Bertz CT molecular complexity index is 451. The monoisotopic (exact) mass is 264 g/mol. The smallest absolute Gasteiger partial charge is 0.289 e. The molecule has 1 aromatic heterocycles. The van der Waals surface area contributed by atoms with E-state index in [9.17, 15) is 4.79 Å². The van der Waals surface area contributed by atoms with Gasteiger partial charge in [-0.3, -0.25) is 4.79 Å². The third-order valence-electron chi connectivity index (χ3n) is 4.04. The van der Waals surface area contributed by atoms with Crippen LogP contribution in [0.5, 0.6) is 0 Å². The number of nitrogens with two attached hydrogens (primary N) is 1. The van der Waals surface area contributed by atoms with Gasteiger partial charge in [-0.2, -0.15) is 0 Å². The summed E-state index contributed by atoms with van der Waals surface area (Å²) < 4.78 is 5.65. The summed E-state index contributed by atoms with van der Waals surface area (Å²) in [4.78, 5) is 14.3. The zero-order valence-electron chi connectivity index (χ0n) is 12.1. The van der Waals surface area contributed by atoms with E-state index in [1.165, 1.54) is 0 Å². The lowest BCUT2D eigenvalue weighted by molar-refractivity contribution is 0.0627. The van der Waals surface area contributed by atoms with Crippen LogP contribution in [0.3, 0.4) is 0 Å². The Kier molecular flexibility index (Phi) is 4.30. The molecule has 2 N–H and O–H groups in total. The second-order valence-electron chi connectivity index (χ2n) is 5.58.